The molecule has 0 radical (unpaired) electrons. The van der Waals surface area contributed by atoms with E-state index in [-0.39, 0.29) is 97.7 Å². The lowest BCUT2D eigenvalue weighted by atomic mass is 9.90. The van der Waals surface area contributed by atoms with Crippen LogP contribution < -0.4 is 29.0 Å². The van der Waals surface area contributed by atoms with Crippen LogP contribution in [-0.4, -0.2) is 195 Å². The van der Waals surface area contributed by atoms with Crippen molar-refractivity contribution in [2.24, 2.45) is 5.92 Å². The molecule has 1 aliphatic heterocycles. The number of rotatable bonds is 32. The molecule has 4 aromatic rings. The van der Waals surface area contributed by atoms with Gasteiger partial charge in [0.15, 0.2) is 5.78 Å². The van der Waals surface area contributed by atoms with E-state index < -0.39 is 0 Å². The van der Waals surface area contributed by atoms with Gasteiger partial charge in [-0.1, -0.05) is 30.3 Å². The molecule has 118 heavy (non-hydrogen) atoms. The minimum atomic E-state index is -0.316. The van der Waals surface area contributed by atoms with Crippen LogP contribution in [0.1, 0.15) is 318 Å². The Bertz CT molecular complexity index is 3690. The lowest BCUT2D eigenvalue weighted by Gasteiger charge is -2.47. The van der Waals surface area contributed by atoms with Crippen LogP contribution in [0.15, 0.2) is 66.7 Å². The van der Waals surface area contributed by atoms with Crippen LogP contribution >= 0.6 is 0 Å². The molecule has 1 heterocycles. The second-order valence-corrected chi connectivity index (χ2v) is 43.6. The van der Waals surface area contributed by atoms with Gasteiger partial charge >= 0.3 is 5.97 Å². The van der Waals surface area contributed by atoms with Crippen LogP contribution in [0.3, 0.4) is 0 Å². The number of nitrogens with zero attached hydrogens (tertiary/aromatic N) is 4. The molecule has 1 fully saturated rings. The summed E-state index contributed by atoms with van der Waals surface area (Å²) in [5.41, 5.74) is 7.03. The van der Waals surface area contributed by atoms with Gasteiger partial charge in [-0.25, -0.2) is 0 Å². The molecule has 1 N–H and O–H groups in total. The normalized spacial score (nSPS) is 15.8. The minimum Gasteiger partial charge on any atom is -0.491 e. The molecular formula is C100H169N5O13. The van der Waals surface area contributed by atoms with Gasteiger partial charge in [-0.2, -0.15) is 0 Å². The first-order chi connectivity index (χ1) is 53.8. The lowest BCUT2D eigenvalue weighted by molar-refractivity contribution is -0.132. The van der Waals surface area contributed by atoms with Gasteiger partial charge in [-0.3, -0.25) is 34.0 Å². The van der Waals surface area contributed by atoms with Gasteiger partial charge in [0.05, 0.1) is 29.0 Å². The predicted molar refractivity (Wildman–Crippen MR) is 489 cm³/mol. The smallest absolute Gasteiger partial charge is 0.308 e. The van der Waals surface area contributed by atoms with Crippen molar-refractivity contribution in [2.45, 2.75) is 407 Å². The number of hydrogen-bond donors (Lipinski definition) is 1. The third kappa shape index (κ3) is 38.4. The van der Waals surface area contributed by atoms with Crippen LogP contribution in [-0.2, 0) is 52.5 Å². The van der Waals surface area contributed by atoms with E-state index in [1.165, 1.54) is 25.3 Å². The number of Topliss-reactive ketones (excluding diaryl/α,β-unsaturated/α-hetero) is 1. The highest BCUT2D eigenvalue weighted by Crippen LogP contribution is 2.38. The molecule has 3 aliphatic rings. The van der Waals surface area contributed by atoms with Crippen molar-refractivity contribution in [3.05, 3.63) is 106 Å². The van der Waals surface area contributed by atoms with Crippen molar-refractivity contribution in [2.75, 3.05) is 71.1 Å². The van der Waals surface area contributed by atoms with Crippen molar-refractivity contribution in [1.29, 1.82) is 0 Å². The molecule has 7 rings (SSSR count). The van der Waals surface area contributed by atoms with E-state index in [2.05, 4.69) is 285 Å². The summed E-state index contributed by atoms with van der Waals surface area (Å²) < 4.78 is 61.7. The van der Waals surface area contributed by atoms with E-state index in [1.807, 2.05) is 63.2 Å². The summed E-state index contributed by atoms with van der Waals surface area (Å²) in [6, 6.07) is 22.9. The Kier molecular flexibility index (Phi) is 39.1. The molecule has 1 amide bonds. The zero-order valence-electron chi connectivity index (χ0n) is 81.7. The fourth-order valence-corrected chi connectivity index (χ4v) is 16.0. The zero-order valence-corrected chi connectivity index (χ0v) is 81.7. The first-order valence-electron chi connectivity index (χ1n) is 44.2. The molecule has 4 aromatic carbocycles. The highest BCUT2D eigenvalue weighted by Gasteiger charge is 2.39. The average Bonchev–Trinajstić information content (AvgIpc) is 1.13. The summed E-state index contributed by atoms with van der Waals surface area (Å²) >= 11 is 0. The summed E-state index contributed by atoms with van der Waals surface area (Å²) in [6.07, 6.45) is 7.04. The number of anilines is 1. The number of hydrogen-bond acceptors (Lipinski definition) is 17. The summed E-state index contributed by atoms with van der Waals surface area (Å²) in [6.45, 7) is 88.4. The molecule has 4 atom stereocenters. The fraction of sp³-hybridized carbons (Fsp3) is 0.730. The number of ether oxygens (including phenoxy) is 10. The molecule has 0 aromatic heterocycles. The number of esters is 1. The number of amides is 1. The predicted octanol–water partition coefficient (Wildman–Crippen LogP) is 22.0. The summed E-state index contributed by atoms with van der Waals surface area (Å²) in [5, 5.41) is 2.94. The molecule has 672 valence electrons. The minimum absolute atomic E-state index is 0.00197. The topological polar surface area (TPSA) is 168 Å². The average molecular weight is 1650 g/mol. The van der Waals surface area contributed by atoms with Gasteiger partial charge < -0.3 is 52.7 Å². The number of carbonyl (C=O) groups is 3. The Balaban J connectivity index is 0.000000331. The number of nitrogens with one attached hydrogen (secondary N) is 1. The first-order valence-corrected chi connectivity index (χ1v) is 44.2. The maximum absolute atomic E-state index is 12.2. The van der Waals surface area contributed by atoms with Crippen LogP contribution in [0.2, 0.25) is 0 Å². The van der Waals surface area contributed by atoms with E-state index in [0.717, 1.165) is 127 Å². The third-order valence-electron chi connectivity index (χ3n) is 20.6. The van der Waals surface area contributed by atoms with Gasteiger partial charge in [0.25, 0.3) is 0 Å². The van der Waals surface area contributed by atoms with Crippen LogP contribution in [0.5, 0.6) is 28.7 Å². The first kappa shape index (κ1) is 105. The van der Waals surface area contributed by atoms with Crippen molar-refractivity contribution in [3.63, 3.8) is 0 Å². The van der Waals surface area contributed by atoms with Crippen molar-refractivity contribution < 1.29 is 61.8 Å². The highest BCUT2D eigenvalue weighted by atomic mass is 16.6. The molecular weight excluding hydrogens is 1480 g/mol. The Hall–Kier alpha value is -5.67. The number of aryl methyl sites for hydroxylation is 1. The lowest BCUT2D eigenvalue weighted by Crippen LogP contribution is -2.56. The Morgan fingerprint density at radius 2 is 0.864 bits per heavy atom. The fourth-order valence-electron chi connectivity index (χ4n) is 16.0. The van der Waals surface area contributed by atoms with Gasteiger partial charge in [-0.05, 0) is 359 Å². The molecule has 0 bridgehead atoms. The molecule has 0 saturated heterocycles. The Morgan fingerprint density at radius 1 is 0.458 bits per heavy atom. The highest BCUT2D eigenvalue weighted by molar-refractivity contribution is 5.99. The number of benzene rings is 4. The van der Waals surface area contributed by atoms with E-state index >= 15 is 0 Å². The van der Waals surface area contributed by atoms with E-state index in [9.17, 15) is 14.4 Å². The molecule has 18 heteroatoms. The third-order valence-corrected chi connectivity index (χ3v) is 20.6. The van der Waals surface area contributed by atoms with Gasteiger partial charge in [-0.15, -0.1) is 0 Å². The Labute approximate surface area is 719 Å². The van der Waals surface area contributed by atoms with Crippen molar-refractivity contribution >= 4 is 23.3 Å². The molecule has 1 saturated carbocycles. The molecule has 0 spiro atoms. The Morgan fingerprint density at radius 3 is 1.26 bits per heavy atom. The number of carbonyl (C=O) groups excluding carboxylic acids is 3. The number of fused-ring (bicyclic) bond motifs is 2. The second-order valence-electron chi connectivity index (χ2n) is 43.6. The van der Waals surface area contributed by atoms with Gasteiger partial charge in [0, 0.05) is 120 Å². The second kappa shape index (κ2) is 44.1. The molecule has 18 nitrogen and oxygen atoms in total. The van der Waals surface area contributed by atoms with E-state index in [1.54, 1.807) is 0 Å². The van der Waals surface area contributed by atoms with E-state index in [0.29, 0.717) is 63.5 Å². The molecule has 0 unspecified atom stereocenters. The standard InChI is InChI=1S/C26H45NO3.C25H43NO4.C25H41NO3.C24H40N2O3/c1-20(2)27(25(3,4)5)17-24(30-26(6,7)8)19-29-23-13-11-21(12-14-23)15-16-28-18-22-9-10-22;1-16(2)26(24(7,8)9)14-21(30-25(10,11)12)15-28-22-13-17(3)23(29-20(6)27)19(5)18(22)4;1-23(2,3)26(24(4,5)6)16-18(29-25(7,8)9)17-28-22-15-11-12-19-20(22)13-10-14-21(19)27;1-22(2,3)26(23(4,5)6)15-17(29-24(7,8)9)16-28-20-12-10-11-19-18(20)13-14-21(27)25-19/h11-14,20,22,24H,9-10,15-19H2,1-8H3;13,16,21H,14-15H2,1-12H3;11-12,15,18H,10,13-14,16-17H2,1-9H3;10-12,17H,13-16H2,1-9H3,(H,25,27)/t24-;21-;18-;17-/m0000/s1. The van der Waals surface area contributed by atoms with Crippen LogP contribution in [0, 0.1) is 26.7 Å². The summed E-state index contributed by atoms with van der Waals surface area (Å²) in [5.74, 6) is 4.79. The van der Waals surface area contributed by atoms with E-state index in [4.69, 9.17) is 47.4 Å². The summed E-state index contributed by atoms with van der Waals surface area (Å²) in [7, 11) is 0. The number of ketones is 1. The SMILES string of the molecule is CC(=O)Oc1c(C)cc(OC[C@H](CN(C(C)C)C(C)(C)C)OC(C)(C)C)c(C)c1C.CC(C)(C)O[C@H](COc1cccc2c1CCC(=O)N2)CN(C(C)(C)C)C(C)(C)C.CC(C)(C)O[C@H](COc1cccc2c1CCCC2=O)CN(C(C)(C)C)C(C)(C)C.CC(C)N(C[C@@H](COc1ccc(CCOCC2CC2)cc1)OC(C)(C)C)C(C)(C)C. The van der Waals surface area contributed by atoms with Gasteiger partial charge in [0.1, 0.15) is 79.6 Å². The van der Waals surface area contributed by atoms with Crippen LogP contribution in [0.25, 0.3) is 0 Å². The van der Waals surface area contributed by atoms with Crippen molar-refractivity contribution in [3.8, 4) is 28.7 Å². The van der Waals surface area contributed by atoms with Crippen LogP contribution in [0.4, 0.5) is 5.69 Å². The van der Waals surface area contributed by atoms with Crippen molar-refractivity contribution in [1.82, 2.24) is 19.6 Å². The quantitative estimate of drug-likeness (QED) is 0.0278. The largest absolute Gasteiger partial charge is 0.491 e. The monoisotopic (exact) mass is 1650 g/mol. The zero-order chi connectivity index (χ0) is 89.9. The molecule has 2 aliphatic carbocycles. The van der Waals surface area contributed by atoms with Gasteiger partial charge in [0.2, 0.25) is 5.91 Å². The summed E-state index contributed by atoms with van der Waals surface area (Å²) in [4.78, 5) is 45.2. The maximum atomic E-state index is 12.2. The maximum Gasteiger partial charge on any atom is 0.308 e.